The molecule has 2 aliphatic rings. The summed E-state index contributed by atoms with van der Waals surface area (Å²) < 4.78 is 5.32. The summed E-state index contributed by atoms with van der Waals surface area (Å²) in [5.41, 5.74) is 2.69. The molecule has 2 fully saturated rings. The van der Waals surface area contributed by atoms with Crippen molar-refractivity contribution in [3.63, 3.8) is 0 Å². The summed E-state index contributed by atoms with van der Waals surface area (Å²) in [4.78, 5) is 23.3. The molecule has 2 aliphatic heterocycles. The summed E-state index contributed by atoms with van der Waals surface area (Å²) in [6, 6.07) is 15.9. The minimum Gasteiger partial charge on any atom is -0.497 e. The van der Waals surface area contributed by atoms with Crippen molar-refractivity contribution in [2.75, 3.05) is 26.7 Å². The van der Waals surface area contributed by atoms with Gasteiger partial charge in [-0.15, -0.1) is 0 Å². The Morgan fingerprint density at radius 3 is 2.72 bits per heavy atom. The summed E-state index contributed by atoms with van der Waals surface area (Å²) >= 11 is 0. The van der Waals surface area contributed by atoms with Crippen LogP contribution in [0.2, 0.25) is 0 Å². The zero-order chi connectivity index (χ0) is 19.8. The smallest absolute Gasteiger partial charge is 0.255 e. The van der Waals surface area contributed by atoms with Crippen molar-refractivity contribution >= 4 is 5.91 Å². The maximum Gasteiger partial charge on any atom is 0.255 e. The number of rotatable bonds is 4. The number of carbonyl (C=O) groups excluding carboxylic acids is 1. The molecule has 6 heteroatoms. The average molecular weight is 388 g/mol. The zero-order valence-electron chi connectivity index (χ0n) is 16.3. The maximum absolute atomic E-state index is 13.7. The van der Waals surface area contributed by atoms with Gasteiger partial charge in [-0.3, -0.25) is 4.79 Å². The number of carbonyl (C=O) groups is 1. The second-order valence-corrected chi connectivity index (χ2v) is 7.74. The van der Waals surface area contributed by atoms with Gasteiger partial charge in [0.25, 0.3) is 5.91 Å². The molecule has 3 heterocycles. The number of methoxy groups -OCH3 is 1. The van der Waals surface area contributed by atoms with Crippen LogP contribution in [0.5, 0.6) is 5.75 Å². The summed E-state index contributed by atoms with van der Waals surface area (Å²) in [5, 5.41) is 3.50. The highest BCUT2D eigenvalue weighted by atomic mass is 16.5. The van der Waals surface area contributed by atoms with Crippen LogP contribution in [0.3, 0.4) is 0 Å². The molecule has 0 bridgehead atoms. The first-order valence-corrected chi connectivity index (χ1v) is 10.0. The summed E-state index contributed by atoms with van der Waals surface area (Å²) in [6.45, 7) is 2.66. The Hall–Kier alpha value is -3.12. The topological polar surface area (TPSA) is 70.2 Å². The zero-order valence-corrected chi connectivity index (χ0v) is 16.3. The lowest BCUT2D eigenvalue weighted by molar-refractivity contribution is 0.0715. The number of ether oxygens (including phenoxy) is 1. The SMILES string of the molecule is COc1ccc([C@H]2[C@H]3CNC[C@H]3CN2C(=O)c2ccccc2-c2ncc[nH]2)cc1. The normalized spacial score (nSPS) is 23.2. The average Bonchev–Trinajstić information content (AvgIpc) is 3.50. The van der Waals surface area contributed by atoms with Gasteiger partial charge in [0, 0.05) is 43.5 Å². The minimum atomic E-state index is 0.0538. The van der Waals surface area contributed by atoms with Crippen LogP contribution in [0.15, 0.2) is 60.9 Å². The van der Waals surface area contributed by atoms with Crippen molar-refractivity contribution in [3.05, 3.63) is 72.1 Å². The Morgan fingerprint density at radius 1 is 1.14 bits per heavy atom. The van der Waals surface area contributed by atoms with E-state index in [2.05, 4.69) is 32.3 Å². The first-order valence-electron chi connectivity index (χ1n) is 10.0. The van der Waals surface area contributed by atoms with Crippen LogP contribution in [0.4, 0.5) is 0 Å². The number of hydrogen-bond donors (Lipinski definition) is 2. The number of aromatic amines is 1. The molecule has 0 radical (unpaired) electrons. The van der Waals surface area contributed by atoms with Crippen molar-refractivity contribution in [1.82, 2.24) is 20.2 Å². The number of nitrogens with zero attached hydrogens (tertiary/aromatic N) is 2. The lowest BCUT2D eigenvalue weighted by Crippen LogP contribution is -2.35. The van der Waals surface area contributed by atoms with E-state index < -0.39 is 0 Å². The summed E-state index contributed by atoms with van der Waals surface area (Å²) in [6.07, 6.45) is 3.49. The number of imidazole rings is 1. The molecule has 2 aromatic carbocycles. The third-order valence-electron chi connectivity index (χ3n) is 6.19. The highest BCUT2D eigenvalue weighted by Gasteiger charge is 2.47. The molecule has 2 N–H and O–H groups in total. The molecule has 0 saturated carbocycles. The fourth-order valence-electron chi connectivity index (χ4n) is 4.80. The van der Waals surface area contributed by atoms with Gasteiger partial charge in [-0.2, -0.15) is 0 Å². The second kappa shape index (κ2) is 7.37. The van der Waals surface area contributed by atoms with E-state index in [4.69, 9.17) is 4.74 Å². The van der Waals surface area contributed by atoms with Gasteiger partial charge in [0.1, 0.15) is 11.6 Å². The van der Waals surface area contributed by atoms with E-state index in [0.29, 0.717) is 17.4 Å². The third-order valence-corrected chi connectivity index (χ3v) is 6.19. The van der Waals surface area contributed by atoms with Crippen LogP contribution < -0.4 is 10.1 Å². The predicted molar refractivity (Wildman–Crippen MR) is 111 cm³/mol. The number of H-pyrrole nitrogens is 1. The van der Waals surface area contributed by atoms with Crippen LogP contribution in [0.1, 0.15) is 22.0 Å². The van der Waals surface area contributed by atoms with Gasteiger partial charge >= 0.3 is 0 Å². The Morgan fingerprint density at radius 2 is 1.97 bits per heavy atom. The Bertz CT molecular complexity index is 1000. The van der Waals surface area contributed by atoms with Crippen LogP contribution in [0.25, 0.3) is 11.4 Å². The molecule has 2 saturated heterocycles. The van der Waals surface area contributed by atoms with Gasteiger partial charge < -0.3 is 19.9 Å². The number of amides is 1. The number of benzene rings is 2. The maximum atomic E-state index is 13.7. The Kier molecular flexibility index (Phi) is 4.56. The molecule has 0 aliphatic carbocycles. The Labute approximate surface area is 169 Å². The van der Waals surface area contributed by atoms with Crippen LogP contribution in [0, 0.1) is 11.8 Å². The van der Waals surface area contributed by atoms with E-state index in [1.165, 1.54) is 0 Å². The van der Waals surface area contributed by atoms with Crippen LogP contribution >= 0.6 is 0 Å². The quantitative estimate of drug-likeness (QED) is 0.721. The van der Waals surface area contributed by atoms with Gasteiger partial charge in [0.05, 0.1) is 18.7 Å². The van der Waals surface area contributed by atoms with E-state index >= 15 is 0 Å². The molecule has 3 atom stereocenters. The number of likely N-dealkylation sites (tertiary alicyclic amines) is 1. The van der Waals surface area contributed by atoms with Crippen molar-refractivity contribution in [2.45, 2.75) is 6.04 Å². The largest absolute Gasteiger partial charge is 0.497 e. The summed E-state index contributed by atoms with van der Waals surface area (Å²) in [7, 11) is 1.67. The molecular formula is C23H24N4O2. The van der Waals surface area contributed by atoms with Crippen molar-refractivity contribution in [2.24, 2.45) is 11.8 Å². The van der Waals surface area contributed by atoms with E-state index in [1.54, 1.807) is 19.5 Å². The molecule has 0 unspecified atom stereocenters. The van der Waals surface area contributed by atoms with Crippen LogP contribution in [-0.4, -0.2) is 47.5 Å². The fourth-order valence-corrected chi connectivity index (χ4v) is 4.80. The van der Waals surface area contributed by atoms with Gasteiger partial charge in [-0.05, 0) is 29.7 Å². The highest BCUT2D eigenvalue weighted by Crippen LogP contribution is 2.44. The molecule has 6 nitrogen and oxygen atoms in total. The number of hydrogen-bond acceptors (Lipinski definition) is 4. The summed E-state index contributed by atoms with van der Waals surface area (Å²) in [5.74, 6) is 2.50. The van der Waals surface area contributed by atoms with E-state index in [9.17, 15) is 4.79 Å². The van der Waals surface area contributed by atoms with E-state index in [0.717, 1.165) is 42.3 Å². The van der Waals surface area contributed by atoms with Crippen molar-refractivity contribution in [1.29, 1.82) is 0 Å². The molecule has 3 aromatic rings. The monoisotopic (exact) mass is 388 g/mol. The Balaban J connectivity index is 1.53. The van der Waals surface area contributed by atoms with Gasteiger partial charge in [0.15, 0.2) is 0 Å². The van der Waals surface area contributed by atoms with Crippen molar-refractivity contribution in [3.8, 4) is 17.1 Å². The first kappa shape index (κ1) is 17.9. The fraction of sp³-hybridized carbons (Fsp3) is 0.304. The van der Waals surface area contributed by atoms with Gasteiger partial charge in [-0.1, -0.05) is 30.3 Å². The molecule has 29 heavy (non-hydrogen) atoms. The molecule has 0 spiro atoms. The standard InChI is InChI=1S/C23H24N4O2/c1-29-17-8-6-15(7-9-17)21-20-13-24-12-16(20)14-27(21)23(28)19-5-3-2-4-18(19)22-25-10-11-26-22/h2-11,16,20-21,24H,12-14H2,1H3,(H,25,26)/t16-,20-,21-/m0/s1. The van der Waals surface area contributed by atoms with Crippen LogP contribution in [-0.2, 0) is 0 Å². The minimum absolute atomic E-state index is 0.0538. The molecule has 1 amide bonds. The molecule has 5 rings (SSSR count). The van der Waals surface area contributed by atoms with E-state index in [1.807, 2.05) is 36.4 Å². The second-order valence-electron chi connectivity index (χ2n) is 7.74. The number of fused-ring (bicyclic) bond motifs is 1. The van der Waals surface area contributed by atoms with Gasteiger partial charge in [-0.25, -0.2) is 4.98 Å². The first-order chi connectivity index (χ1) is 14.3. The molecule has 1 aromatic heterocycles. The molecule has 148 valence electrons. The number of nitrogens with one attached hydrogen (secondary N) is 2. The van der Waals surface area contributed by atoms with E-state index in [-0.39, 0.29) is 11.9 Å². The lowest BCUT2D eigenvalue weighted by atomic mass is 9.89. The third kappa shape index (κ3) is 3.09. The van der Waals surface area contributed by atoms with Crippen molar-refractivity contribution < 1.29 is 9.53 Å². The molecular weight excluding hydrogens is 364 g/mol. The highest BCUT2D eigenvalue weighted by molar-refractivity contribution is 6.00. The van der Waals surface area contributed by atoms with Gasteiger partial charge in [0.2, 0.25) is 0 Å². The lowest BCUT2D eigenvalue weighted by Gasteiger charge is -2.29. The number of aromatic nitrogens is 2. The predicted octanol–water partition coefficient (Wildman–Crippen LogP) is 3.12.